The van der Waals surface area contributed by atoms with E-state index in [1.54, 1.807) is 18.3 Å². The van der Waals surface area contributed by atoms with E-state index >= 15 is 0 Å². The Hall–Kier alpha value is -1.90. The molecule has 0 amide bonds. The highest BCUT2D eigenvalue weighted by Gasteiger charge is 1.99. The van der Waals surface area contributed by atoms with Crippen molar-refractivity contribution in [1.29, 1.82) is 0 Å². The maximum atomic E-state index is 9.63. The lowest BCUT2D eigenvalue weighted by Gasteiger charge is -1.99. The molecule has 0 radical (unpaired) electrons. The summed E-state index contributed by atoms with van der Waals surface area (Å²) < 4.78 is 27.1. The van der Waals surface area contributed by atoms with Gasteiger partial charge in [-0.1, -0.05) is 59.6 Å². The first kappa shape index (κ1) is 23.1. The minimum atomic E-state index is -3.92. The summed E-state index contributed by atoms with van der Waals surface area (Å²) in [4.78, 5) is 4.20. The van der Waals surface area contributed by atoms with Crippen LogP contribution in [0.1, 0.15) is 11.1 Å². The molecular weight excluding hydrogens is 411 g/mol. The maximum absolute atomic E-state index is 9.63. The van der Waals surface area contributed by atoms with Gasteiger partial charge in [0.2, 0.25) is 0 Å². The van der Waals surface area contributed by atoms with Crippen molar-refractivity contribution >= 4 is 45.2 Å². The van der Waals surface area contributed by atoms with E-state index in [4.69, 9.17) is 38.6 Å². The van der Waals surface area contributed by atoms with Crippen molar-refractivity contribution in [2.24, 2.45) is 10.7 Å². The Morgan fingerprint density at radius 3 is 2.30 bits per heavy atom. The van der Waals surface area contributed by atoms with Gasteiger partial charge in [0, 0.05) is 12.6 Å². The molecule has 4 N–H and O–H groups in total. The lowest BCUT2D eigenvalue weighted by atomic mass is 10.1. The third-order valence-electron chi connectivity index (χ3n) is 3.03. The molecule has 9 heteroatoms. The van der Waals surface area contributed by atoms with Gasteiger partial charge < -0.3 is 10.8 Å². The molecule has 2 aromatic carbocycles. The molecule has 0 aliphatic rings. The van der Waals surface area contributed by atoms with Crippen LogP contribution < -0.4 is 5.73 Å². The van der Waals surface area contributed by atoms with Crippen LogP contribution in [0.5, 0.6) is 0 Å². The fourth-order valence-corrected chi connectivity index (χ4v) is 2.34. The molecule has 0 spiro atoms. The van der Waals surface area contributed by atoms with Gasteiger partial charge in [-0.25, -0.2) is 4.99 Å². The molecule has 0 aromatic heterocycles. The summed E-state index contributed by atoms with van der Waals surface area (Å²) in [6, 6.07) is 15.4. The molecule has 146 valence electrons. The van der Waals surface area contributed by atoms with E-state index in [2.05, 4.69) is 4.99 Å². The SMILES string of the molecule is NC(Cc1ccccc1)=N/C=C/c1ccc(Cl)c(Cl)c1.O=S(=O)(O)CCO. The van der Waals surface area contributed by atoms with Crippen molar-refractivity contribution < 1.29 is 18.1 Å². The van der Waals surface area contributed by atoms with Crippen molar-refractivity contribution in [1.82, 2.24) is 0 Å². The van der Waals surface area contributed by atoms with Crippen LogP contribution >= 0.6 is 23.2 Å². The number of aliphatic hydroxyl groups is 1. The summed E-state index contributed by atoms with van der Waals surface area (Å²) in [5.74, 6) is -0.0139. The Balaban J connectivity index is 0.000000445. The number of hydrogen-bond donors (Lipinski definition) is 3. The van der Waals surface area contributed by atoms with Gasteiger partial charge in [-0.2, -0.15) is 8.42 Å². The molecule has 27 heavy (non-hydrogen) atoms. The van der Waals surface area contributed by atoms with Crippen molar-refractivity contribution in [3.05, 3.63) is 75.9 Å². The van der Waals surface area contributed by atoms with E-state index in [0.717, 1.165) is 11.1 Å². The summed E-state index contributed by atoms with van der Waals surface area (Å²) in [6.45, 7) is -0.529. The summed E-state index contributed by atoms with van der Waals surface area (Å²) in [6.07, 6.45) is 4.13. The maximum Gasteiger partial charge on any atom is 0.267 e. The Kier molecular flexibility index (Phi) is 10.1. The van der Waals surface area contributed by atoms with Gasteiger partial charge >= 0.3 is 0 Å². The Morgan fingerprint density at radius 2 is 1.78 bits per heavy atom. The molecule has 2 aromatic rings. The van der Waals surface area contributed by atoms with E-state index in [1.165, 1.54) is 0 Å². The zero-order valence-electron chi connectivity index (χ0n) is 14.3. The van der Waals surface area contributed by atoms with Crippen LogP contribution in [-0.4, -0.2) is 36.3 Å². The van der Waals surface area contributed by atoms with Crippen molar-refractivity contribution in [2.45, 2.75) is 6.42 Å². The topological polar surface area (TPSA) is 113 Å². The van der Waals surface area contributed by atoms with E-state index < -0.39 is 22.5 Å². The highest BCUT2D eigenvalue weighted by atomic mass is 35.5. The molecule has 0 aliphatic heterocycles. The number of aliphatic hydroxyl groups excluding tert-OH is 1. The Bertz CT molecular complexity index is 885. The standard InChI is InChI=1S/C16H14Cl2N2.C2H6O4S/c17-14-7-6-13(10-15(14)18)8-9-20-16(19)11-12-4-2-1-3-5-12;3-1-2-7(4,5)6/h1-10H,11H2,(H2,19,20);3H,1-2H2,(H,4,5,6)/b9-8+;. The van der Waals surface area contributed by atoms with Crippen LogP contribution in [0.2, 0.25) is 10.0 Å². The molecule has 0 heterocycles. The third kappa shape index (κ3) is 10.7. The molecule has 0 saturated heterocycles. The van der Waals surface area contributed by atoms with Crippen LogP contribution in [0.25, 0.3) is 6.08 Å². The fraction of sp³-hybridized carbons (Fsp3) is 0.167. The predicted octanol–water partition coefficient (Wildman–Crippen LogP) is 3.43. The minimum absolute atomic E-state index is 0.523. The Labute approximate surface area is 168 Å². The third-order valence-corrected chi connectivity index (χ3v) is 4.47. The number of nitrogens with two attached hydrogens (primary N) is 1. The highest BCUT2D eigenvalue weighted by molar-refractivity contribution is 7.85. The molecule has 0 fully saturated rings. The smallest absolute Gasteiger partial charge is 0.267 e. The van der Waals surface area contributed by atoms with Crippen LogP contribution in [0.15, 0.2) is 59.7 Å². The van der Waals surface area contributed by atoms with Gasteiger partial charge in [0.15, 0.2) is 0 Å². The summed E-state index contributed by atoms with van der Waals surface area (Å²) in [7, 11) is -3.92. The molecular formula is C18H20Cl2N2O4S. The van der Waals surface area contributed by atoms with E-state index in [9.17, 15) is 8.42 Å². The lowest BCUT2D eigenvalue weighted by molar-refractivity contribution is 0.315. The quantitative estimate of drug-likeness (QED) is 0.369. The van der Waals surface area contributed by atoms with E-state index in [0.29, 0.717) is 22.3 Å². The highest BCUT2D eigenvalue weighted by Crippen LogP contribution is 2.23. The first-order chi connectivity index (χ1) is 12.7. The number of benzene rings is 2. The average Bonchev–Trinajstić information content (AvgIpc) is 2.58. The monoisotopic (exact) mass is 430 g/mol. The zero-order valence-corrected chi connectivity index (χ0v) is 16.6. The second kappa shape index (κ2) is 11.7. The van der Waals surface area contributed by atoms with Crippen LogP contribution in [0.4, 0.5) is 0 Å². The van der Waals surface area contributed by atoms with Gasteiger partial charge in [-0.3, -0.25) is 4.55 Å². The number of aliphatic imine (C=N–C) groups is 1. The molecule has 0 saturated carbocycles. The van der Waals surface area contributed by atoms with Gasteiger partial charge in [-0.15, -0.1) is 0 Å². The average molecular weight is 431 g/mol. The second-order valence-electron chi connectivity index (χ2n) is 5.28. The fourth-order valence-electron chi connectivity index (χ4n) is 1.80. The van der Waals surface area contributed by atoms with Crippen LogP contribution in [0.3, 0.4) is 0 Å². The number of nitrogens with zero attached hydrogens (tertiary/aromatic N) is 1. The normalized spacial score (nSPS) is 11.9. The minimum Gasteiger partial charge on any atom is -0.395 e. The summed E-state index contributed by atoms with van der Waals surface area (Å²) >= 11 is 11.8. The van der Waals surface area contributed by atoms with Crippen molar-refractivity contribution in [2.75, 3.05) is 12.4 Å². The number of halogens is 2. The summed E-state index contributed by atoms with van der Waals surface area (Å²) in [5, 5.41) is 8.92. The number of rotatable bonds is 6. The zero-order chi connectivity index (χ0) is 20.3. The van der Waals surface area contributed by atoms with Crippen LogP contribution in [0, 0.1) is 0 Å². The molecule has 0 aliphatic carbocycles. The number of hydrogen-bond acceptors (Lipinski definition) is 4. The molecule has 0 bridgehead atoms. The van der Waals surface area contributed by atoms with Gasteiger partial charge in [0.1, 0.15) is 5.84 Å². The van der Waals surface area contributed by atoms with Crippen molar-refractivity contribution in [3.63, 3.8) is 0 Å². The predicted molar refractivity (Wildman–Crippen MR) is 111 cm³/mol. The van der Waals surface area contributed by atoms with E-state index in [-0.39, 0.29) is 0 Å². The Morgan fingerprint density at radius 1 is 1.11 bits per heavy atom. The first-order valence-corrected chi connectivity index (χ1v) is 10.1. The second-order valence-corrected chi connectivity index (χ2v) is 7.67. The van der Waals surface area contributed by atoms with Crippen LogP contribution in [-0.2, 0) is 16.5 Å². The van der Waals surface area contributed by atoms with E-state index in [1.807, 2.05) is 42.5 Å². The lowest BCUT2D eigenvalue weighted by Crippen LogP contribution is -2.14. The molecule has 2 rings (SSSR count). The van der Waals surface area contributed by atoms with Crippen molar-refractivity contribution in [3.8, 4) is 0 Å². The largest absolute Gasteiger partial charge is 0.395 e. The molecule has 6 nitrogen and oxygen atoms in total. The molecule has 0 unspecified atom stereocenters. The van der Waals surface area contributed by atoms with Gasteiger partial charge in [-0.05, 0) is 29.3 Å². The van der Waals surface area contributed by atoms with Gasteiger partial charge in [0.25, 0.3) is 10.1 Å². The van der Waals surface area contributed by atoms with Gasteiger partial charge in [0.05, 0.1) is 22.4 Å². The summed E-state index contributed by atoms with van der Waals surface area (Å²) in [5.41, 5.74) is 7.94. The molecule has 0 atom stereocenters. The number of amidine groups is 1. The first-order valence-electron chi connectivity index (χ1n) is 7.75.